The number of hydrazine groups is 1. The van der Waals surface area contributed by atoms with Gasteiger partial charge >= 0.3 is 0 Å². The Morgan fingerprint density at radius 2 is 1.95 bits per heavy atom. The Morgan fingerprint density at radius 3 is 2.43 bits per heavy atom. The second-order valence-electron chi connectivity index (χ2n) is 5.72. The Morgan fingerprint density at radius 1 is 1.38 bits per heavy atom. The molecule has 0 radical (unpaired) electrons. The molecule has 1 saturated heterocycles. The lowest BCUT2D eigenvalue weighted by atomic mass is 10.0. The van der Waals surface area contributed by atoms with Crippen LogP contribution in [0.15, 0.2) is 17.0 Å². The van der Waals surface area contributed by atoms with Crippen molar-refractivity contribution in [3.8, 4) is 0 Å². The molecule has 2 unspecified atom stereocenters. The number of aryl methyl sites for hydroxylation is 2. The highest BCUT2D eigenvalue weighted by atomic mass is 32.2. The lowest BCUT2D eigenvalue weighted by Gasteiger charge is -2.26. The van der Waals surface area contributed by atoms with Crippen molar-refractivity contribution in [3.63, 3.8) is 0 Å². The molecule has 118 valence electrons. The fraction of sp³-hybridized carbons (Fsp3) is 0.571. The number of nitrogen functional groups attached to an aromatic ring is 1. The van der Waals surface area contributed by atoms with Gasteiger partial charge in [0.1, 0.15) is 0 Å². The van der Waals surface area contributed by atoms with Crippen LogP contribution < -0.4 is 11.3 Å². The molecule has 1 fully saturated rings. The van der Waals surface area contributed by atoms with Gasteiger partial charge in [-0.15, -0.1) is 0 Å². The molecule has 1 aliphatic rings. The van der Waals surface area contributed by atoms with E-state index in [1.165, 1.54) is 4.31 Å². The van der Waals surface area contributed by atoms with Crippen LogP contribution in [0.4, 0.5) is 5.69 Å². The van der Waals surface area contributed by atoms with E-state index in [0.29, 0.717) is 28.3 Å². The number of rotatable bonds is 4. The summed E-state index contributed by atoms with van der Waals surface area (Å²) >= 11 is 0. The first-order valence-corrected chi connectivity index (χ1v) is 8.47. The third-order valence-electron chi connectivity index (χ3n) is 4.21. The van der Waals surface area contributed by atoms with Crippen molar-refractivity contribution in [2.75, 3.05) is 18.6 Å². The van der Waals surface area contributed by atoms with Gasteiger partial charge in [-0.05, 0) is 49.4 Å². The van der Waals surface area contributed by atoms with Crippen molar-refractivity contribution >= 4 is 15.7 Å². The maximum absolute atomic E-state index is 13.0. The SMILES string of the molecule is Cc1cc(NN)cc(C)c1S(=O)(=O)N1CCC(C)C1CO. The zero-order chi connectivity index (χ0) is 15.8. The summed E-state index contributed by atoms with van der Waals surface area (Å²) in [4.78, 5) is 0.314. The van der Waals surface area contributed by atoms with Gasteiger partial charge in [0.05, 0.1) is 17.5 Å². The number of benzene rings is 1. The maximum atomic E-state index is 13.0. The fourth-order valence-corrected chi connectivity index (χ4v) is 5.24. The molecule has 1 aliphatic heterocycles. The number of aliphatic hydroxyl groups is 1. The second-order valence-corrected chi connectivity index (χ2v) is 7.54. The van der Waals surface area contributed by atoms with E-state index in [1.807, 2.05) is 6.92 Å². The topological polar surface area (TPSA) is 95.7 Å². The van der Waals surface area contributed by atoms with E-state index in [0.717, 1.165) is 6.42 Å². The smallest absolute Gasteiger partial charge is 0.243 e. The van der Waals surface area contributed by atoms with Crippen LogP contribution in [0.5, 0.6) is 0 Å². The largest absolute Gasteiger partial charge is 0.395 e. The second kappa shape index (κ2) is 5.92. The van der Waals surface area contributed by atoms with Gasteiger partial charge in [0.2, 0.25) is 10.0 Å². The molecule has 1 heterocycles. The average Bonchev–Trinajstić information content (AvgIpc) is 2.79. The highest BCUT2D eigenvalue weighted by Crippen LogP contribution is 2.33. The number of anilines is 1. The Labute approximate surface area is 126 Å². The van der Waals surface area contributed by atoms with E-state index in [9.17, 15) is 13.5 Å². The molecule has 2 rings (SSSR count). The number of aliphatic hydroxyl groups excluding tert-OH is 1. The minimum atomic E-state index is -3.61. The van der Waals surface area contributed by atoms with Gasteiger partial charge in [-0.3, -0.25) is 5.84 Å². The zero-order valence-electron chi connectivity index (χ0n) is 12.6. The molecule has 7 heteroatoms. The van der Waals surface area contributed by atoms with Crippen molar-refractivity contribution in [3.05, 3.63) is 23.3 Å². The summed E-state index contributed by atoms with van der Waals surface area (Å²) in [5.41, 5.74) is 4.52. The number of sulfonamides is 1. The van der Waals surface area contributed by atoms with Crippen LogP contribution >= 0.6 is 0 Å². The van der Waals surface area contributed by atoms with Gasteiger partial charge in [0.25, 0.3) is 0 Å². The van der Waals surface area contributed by atoms with Gasteiger partial charge < -0.3 is 10.5 Å². The van der Waals surface area contributed by atoms with Gasteiger partial charge in [-0.25, -0.2) is 8.42 Å². The van der Waals surface area contributed by atoms with Crippen molar-refractivity contribution in [1.29, 1.82) is 0 Å². The summed E-state index contributed by atoms with van der Waals surface area (Å²) in [6.07, 6.45) is 0.769. The highest BCUT2D eigenvalue weighted by molar-refractivity contribution is 7.89. The molecule has 0 amide bonds. The molecule has 0 aromatic heterocycles. The van der Waals surface area contributed by atoms with Crippen molar-refractivity contribution in [2.24, 2.45) is 11.8 Å². The summed E-state index contributed by atoms with van der Waals surface area (Å²) in [6, 6.07) is 3.09. The van der Waals surface area contributed by atoms with Crippen molar-refractivity contribution in [1.82, 2.24) is 4.31 Å². The number of nitrogens with one attached hydrogen (secondary N) is 1. The fourth-order valence-electron chi connectivity index (χ4n) is 3.10. The molecular weight excluding hydrogens is 290 g/mol. The lowest BCUT2D eigenvalue weighted by Crippen LogP contribution is -2.40. The molecule has 0 saturated carbocycles. The number of hydrogen-bond acceptors (Lipinski definition) is 5. The maximum Gasteiger partial charge on any atom is 0.243 e. The van der Waals surface area contributed by atoms with Gasteiger partial charge in [-0.2, -0.15) is 4.31 Å². The summed E-state index contributed by atoms with van der Waals surface area (Å²) < 4.78 is 27.3. The molecule has 6 nitrogen and oxygen atoms in total. The Balaban J connectivity index is 2.50. The molecule has 0 aliphatic carbocycles. The van der Waals surface area contributed by atoms with Crippen molar-refractivity contribution < 1.29 is 13.5 Å². The molecule has 4 N–H and O–H groups in total. The molecule has 0 bridgehead atoms. The predicted octanol–water partition coefficient (Wildman–Crippen LogP) is 0.980. The van der Waals surface area contributed by atoms with Crippen LogP contribution in [0, 0.1) is 19.8 Å². The minimum absolute atomic E-state index is 0.152. The van der Waals surface area contributed by atoms with Crippen LogP contribution in [-0.4, -0.2) is 37.0 Å². The Kier molecular flexibility index (Phi) is 4.57. The third kappa shape index (κ3) is 2.78. The molecule has 1 aromatic rings. The molecule has 0 spiro atoms. The standard InChI is InChI=1S/C14H23N3O3S/c1-9-4-5-17(13(9)8-18)21(19,20)14-10(2)6-12(16-15)7-11(14)3/h6-7,9,13,16,18H,4-5,8,15H2,1-3H3. The zero-order valence-corrected chi connectivity index (χ0v) is 13.4. The molecular formula is C14H23N3O3S. The van der Waals surface area contributed by atoms with E-state index >= 15 is 0 Å². The molecule has 1 aromatic carbocycles. The van der Waals surface area contributed by atoms with Crippen LogP contribution in [0.2, 0.25) is 0 Å². The van der Waals surface area contributed by atoms with Crippen LogP contribution in [-0.2, 0) is 10.0 Å². The van der Waals surface area contributed by atoms with E-state index in [4.69, 9.17) is 5.84 Å². The highest BCUT2D eigenvalue weighted by Gasteiger charge is 2.40. The van der Waals surface area contributed by atoms with Gasteiger partial charge in [0, 0.05) is 12.2 Å². The van der Waals surface area contributed by atoms with Crippen LogP contribution in [0.3, 0.4) is 0 Å². The number of nitrogens with zero attached hydrogens (tertiary/aromatic N) is 1. The lowest BCUT2D eigenvalue weighted by molar-refractivity contribution is 0.191. The quantitative estimate of drug-likeness (QED) is 0.569. The van der Waals surface area contributed by atoms with E-state index in [1.54, 1.807) is 26.0 Å². The first-order chi connectivity index (χ1) is 9.82. The van der Waals surface area contributed by atoms with Crippen LogP contribution in [0.1, 0.15) is 24.5 Å². The van der Waals surface area contributed by atoms with Gasteiger partial charge in [-0.1, -0.05) is 6.92 Å². The monoisotopic (exact) mass is 313 g/mol. The summed E-state index contributed by atoms with van der Waals surface area (Å²) in [6.45, 7) is 5.78. The first-order valence-electron chi connectivity index (χ1n) is 7.03. The normalized spacial score (nSPS) is 23.5. The van der Waals surface area contributed by atoms with E-state index < -0.39 is 10.0 Å². The molecule has 2 atom stereocenters. The summed E-state index contributed by atoms with van der Waals surface area (Å²) in [5.74, 6) is 5.55. The predicted molar refractivity (Wildman–Crippen MR) is 82.3 cm³/mol. The average molecular weight is 313 g/mol. The third-order valence-corrected chi connectivity index (χ3v) is 6.44. The van der Waals surface area contributed by atoms with E-state index in [-0.39, 0.29) is 18.6 Å². The minimum Gasteiger partial charge on any atom is -0.395 e. The Hall–Kier alpha value is -1.15. The van der Waals surface area contributed by atoms with Crippen LogP contribution in [0.25, 0.3) is 0 Å². The Bertz CT molecular complexity index is 607. The summed E-state index contributed by atoms with van der Waals surface area (Å²) in [7, 11) is -3.61. The first kappa shape index (κ1) is 16.2. The number of hydrogen-bond donors (Lipinski definition) is 3. The van der Waals surface area contributed by atoms with E-state index in [2.05, 4.69) is 5.43 Å². The number of nitrogens with two attached hydrogens (primary N) is 1. The molecule has 21 heavy (non-hydrogen) atoms. The van der Waals surface area contributed by atoms with Gasteiger partial charge in [0.15, 0.2) is 0 Å². The van der Waals surface area contributed by atoms with Crippen molar-refractivity contribution in [2.45, 2.75) is 38.1 Å². The summed E-state index contributed by atoms with van der Waals surface area (Å²) in [5, 5.41) is 9.51.